The molecule has 4 heteroatoms. The van der Waals surface area contributed by atoms with E-state index in [9.17, 15) is 0 Å². The van der Waals surface area contributed by atoms with Crippen molar-refractivity contribution >= 4 is 58.5 Å². The van der Waals surface area contributed by atoms with Crippen LogP contribution in [-0.4, -0.2) is 9.52 Å². The van der Waals surface area contributed by atoms with Crippen LogP contribution in [0.2, 0.25) is 0 Å². The van der Waals surface area contributed by atoms with Crippen LogP contribution in [0.25, 0.3) is 54.9 Å². The van der Waals surface area contributed by atoms with Crippen molar-refractivity contribution in [1.82, 2.24) is 0 Å². The monoisotopic (exact) mass is 945 g/mol. The summed E-state index contributed by atoms with van der Waals surface area (Å²) in [6.45, 7) is 18.4. The third-order valence-corrected chi connectivity index (χ3v) is 13.4. The zero-order valence-corrected chi connectivity index (χ0v) is 42.8. The van der Waals surface area contributed by atoms with Gasteiger partial charge in [0.25, 0.3) is 0 Å². The predicted molar refractivity (Wildman–Crippen MR) is 272 cm³/mol. The molecule has 0 fully saturated rings. The van der Waals surface area contributed by atoms with Gasteiger partial charge in [-0.15, -0.1) is 74.6 Å². The summed E-state index contributed by atoms with van der Waals surface area (Å²) in [5.41, 5.74) is 14.2. The molecule has 0 spiro atoms. The molecule has 0 bridgehead atoms. The summed E-state index contributed by atoms with van der Waals surface area (Å²) in [6, 6.07) is 58.8. The van der Waals surface area contributed by atoms with Gasteiger partial charge in [-0.3, -0.25) is 0 Å². The van der Waals surface area contributed by atoms with Gasteiger partial charge in [-0.05, 0) is 60.5 Å². The molecule has 0 N–H and O–H groups in total. The zero-order valence-electron chi connectivity index (χ0n) is 37.8. The van der Waals surface area contributed by atoms with Gasteiger partial charge in [-0.1, -0.05) is 173 Å². The predicted octanol–water partition coefficient (Wildman–Crippen LogP) is 16.4. The standard InChI is InChI=1S/2C23H27.C12H7Si.2ClH.Zr/c2*1-5-17(4)21-12-11-20-14-18(13-16(2)3)15-22(20)23(21)19-9-7-6-8-10-19;1-3-7-11-9(5-1)10-6-2-4-8-12(10)13-11;;;/h2*6-12,14-17H,5,13H2,1-4H3;1-7H;2*1H;/q3*-1;;;+2/p-2. The average Bonchev–Trinajstić information content (AvgIpc) is 4.00. The Labute approximate surface area is 394 Å². The normalized spacial score (nSPS) is 12.4. The number of halogens is 2. The van der Waals surface area contributed by atoms with Gasteiger partial charge in [-0.25, -0.2) is 0 Å². The molecule has 1 heterocycles. The van der Waals surface area contributed by atoms with Crippen LogP contribution in [-0.2, 0) is 33.7 Å². The number of rotatable bonds is 10. The zero-order chi connectivity index (χ0) is 44.2. The van der Waals surface area contributed by atoms with Crippen LogP contribution in [0.3, 0.4) is 0 Å². The molecule has 0 saturated carbocycles. The van der Waals surface area contributed by atoms with Crippen molar-refractivity contribution in [3.8, 4) is 33.4 Å². The van der Waals surface area contributed by atoms with Gasteiger partial charge in [-0.2, -0.15) is 41.6 Å². The SMILES string of the molecule is CCC(C)c1ccc2[cH-]c(CC(C)C)cc2c1-c1ccccc1.CCC(C)c1ccc2[cH-]c(CC(C)C)cc2c1-c1ccccc1.[Cl][Zr][Cl].[c-]1cccc2c1[Si]c1ccccc1-2. The van der Waals surface area contributed by atoms with Crippen molar-refractivity contribution in [2.24, 2.45) is 11.8 Å². The molecule has 2 unspecified atom stereocenters. The minimum absolute atomic E-state index is 0.582. The van der Waals surface area contributed by atoms with Crippen LogP contribution in [0.4, 0.5) is 0 Å². The second kappa shape index (κ2) is 23.2. The Bertz CT molecular complexity index is 2440. The second-order valence-electron chi connectivity index (χ2n) is 17.5. The Morgan fingerprint density at radius 2 is 0.984 bits per heavy atom. The van der Waals surface area contributed by atoms with E-state index >= 15 is 0 Å². The van der Waals surface area contributed by atoms with Gasteiger partial charge in [0.1, 0.15) is 0 Å². The van der Waals surface area contributed by atoms with E-state index in [0.29, 0.717) is 23.7 Å². The van der Waals surface area contributed by atoms with Gasteiger partial charge in [0.15, 0.2) is 0 Å². The van der Waals surface area contributed by atoms with E-state index in [-0.39, 0.29) is 0 Å². The van der Waals surface area contributed by atoms with E-state index in [0.717, 1.165) is 22.4 Å². The van der Waals surface area contributed by atoms with Crippen molar-refractivity contribution in [1.29, 1.82) is 0 Å². The number of hydrogen-bond acceptors (Lipinski definition) is 0. The van der Waals surface area contributed by atoms with E-state index in [1.54, 1.807) is 0 Å². The van der Waals surface area contributed by atoms with Gasteiger partial charge in [0, 0.05) is 0 Å². The van der Waals surface area contributed by atoms with Crippen LogP contribution >= 0.6 is 17.0 Å². The first-order chi connectivity index (χ1) is 30.1. The minimum Gasteiger partial charge on any atom is -0.184 e. The van der Waals surface area contributed by atoms with Crippen LogP contribution < -0.4 is 10.4 Å². The van der Waals surface area contributed by atoms with Crippen LogP contribution in [0.5, 0.6) is 0 Å². The molecule has 62 heavy (non-hydrogen) atoms. The molecule has 9 rings (SSSR count). The summed E-state index contributed by atoms with van der Waals surface area (Å²) >= 11 is -0.826. The third kappa shape index (κ3) is 11.9. The van der Waals surface area contributed by atoms with E-state index in [1.807, 2.05) is 6.07 Å². The average molecular weight is 948 g/mol. The number of hydrogen-bond donors (Lipinski definition) is 0. The summed E-state index contributed by atoms with van der Waals surface area (Å²) in [4.78, 5) is 0. The second-order valence-corrected chi connectivity index (χ2v) is 22.6. The first-order valence-corrected chi connectivity index (χ1v) is 29.8. The molecule has 0 nitrogen and oxygen atoms in total. The molecular weight excluding hydrogens is 887 g/mol. The quantitative estimate of drug-likeness (QED) is 0.0947. The Balaban J connectivity index is 0.000000155. The summed E-state index contributed by atoms with van der Waals surface area (Å²) in [6.07, 6.45) is 4.65. The Kier molecular flexibility index (Phi) is 17.9. The molecule has 0 saturated heterocycles. The van der Waals surface area contributed by atoms with E-state index in [2.05, 4.69) is 207 Å². The summed E-state index contributed by atoms with van der Waals surface area (Å²) in [5, 5.41) is 8.43. The van der Waals surface area contributed by atoms with Gasteiger partial charge in [0.2, 0.25) is 0 Å². The van der Waals surface area contributed by atoms with Gasteiger partial charge in [0.05, 0.1) is 9.52 Å². The van der Waals surface area contributed by atoms with Crippen molar-refractivity contribution < 1.29 is 20.8 Å². The van der Waals surface area contributed by atoms with E-state index in [4.69, 9.17) is 17.0 Å². The van der Waals surface area contributed by atoms with Crippen molar-refractivity contribution in [2.75, 3.05) is 0 Å². The molecule has 8 aromatic rings. The fourth-order valence-electron chi connectivity index (χ4n) is 8.74. The molecule has 0 aliphatic carbocycles. The maximum atomic E-state index is 4.93. The third-order valence-electron chi connectivity index (χ3n) is 12.0. The van der Waals surface area contributed by atoms with E-state index < -0.39 is 20.8 Å². The van der Waals surface area contributed by atoms with Crippen molar-refractivity contribution in [3.05, 3.63) is 180 Å². The molecule has 2 radical (unpaired) electrons. The number of fused-ring (bicyclic) bond motifs is 5. The Morgan fingerprint density at radius 1 is 0.548 bits per heavy atom. The molecule has 0 amide bonds. The maximum Gasteiger partial charge on any atom is 0.0920 e. The molecule has 2 atom stereocenters. The summed E-state index contributed by atoms with van der Waals surface area (Å²) in [7, 11) is 10.7. The summed E-state index contributed by atoms with van der Waals surface area (Å²) < 4.78 is 0. The van der Waals surface area contributed by atoms with E-state index in [1.165, 1.54) is 100 Å². The molecule has 1 aliphatic rings. The fourth-order valence-corrected chi connectivity index (χ4v) is 10.1. The molecular formula is C58H61Cl2SiZr-3. The van der Waals surface area contributed by atoms with Crippen LogP contribution in [0, 0.1) is 17.9 Å². The molecule has 0 aromatic heterocycles. The Morgan fingerprint density at radius 3 is 1.44 bits per heavy atom. The van der Waals surface area contributed by atoms with Gasteiger partial charge >= 0.3 is 37.9 Å². The smallest absolute Gasteiger partial charge is 0.0920 e. The van der Waals surface area contributed by atoms with Crippen LogP contribution in [0.15, 0.2) is 152 Å². The topological polar surface area (TPSA) is 0 Å². The van der Waals surface area contributed by atoms with Crippen molar-refractivity contribution in [2.45, 2.75) is 92.9 Å². The van der Waals surface area contributed by atoms with Crippen LogP contribution in [0.1, 0.15) is 102 Å². The van der Waals surface area contributed by atoms with Crippen molar-refractivity contribution in [3.63, 3.8) is 0 Å². The Hall–Kier alpha value is -3.78. The number of benzene rings is 6. The largest absolute Gasteiger partial charge is 0.184 e. The first kappa shape index (κ1) is 47.7. The molecule has 318 valence electrons. The fraction of sp³-hybridized carbons (Fsp3) is 0.276. The maximum absolute atomic E-state index is 4.93. The van der Waals surface area contributed by atoms with Gasteiger partial charge < -0.3 is 0 Å². The minimum atomic E-state index is -0.826. The molecule has 1 aliphatic heterocycles. The summed E-state index contributed by atoms with van der Waals surface area (Å²) in [5.74, 6) is 2.55. The first-order valence-electron chi connectivity index (χ1n) is 22.4. The molecule has 8 aromatic carbocycles.